The molecule has 0 saturated carbocycles. The molecule has 2 heterocycles. The molecule has 0 atom stereocenters. The second-order valence-corrected chi connectivity index (χ2v) is 5.84. The molecular weight excluding hydrogens is 334 g/mol. The molecule has 2 aromatic rings. The lowest BCUT2D eigenvalue weighted by molar-refractivity contribution is 0.355. The molecule has 0 N–H and O–H groups in total. The smallest absolute Gasteiger partial charge is 0.258 e. The van der Waals surface area contributed by atoms with E-state index < -0.39 is 0 Å². The summed E-state index contributed by atoms with van der Waals surface area (Å²) < 4.78 is 13.4. The van der Waals surface area contributed by atoms with Gasteiger partial charge in [0, 0.05) is 22.3 Å². The highest BCUT2D eigenvalue weighted by Gasteiger charge is 2.19. The van der Waals surface area contributed by atoms with E-state index in [9.17, 15) is 4.79 Å². The molecule has 4 nitrogen and oxygen atoms in total. The zero-order valence-corrected chi connectivity index (χ0v) is 13.6. The zero-order valence-electron chi connectivity index (χ0n) is 12.0. The average molecular weight is 350 g/mol. The van der Waals surface area contributed by atoms with Gasteiger partial charge in [0.15, 0.2) is 11.5 Å². The summed E-state index contributed by atoms with van der Waals surface area (Å²) >= 11 is 3.58. The van der Waals surface area contributed by atoms with E-state index in [0.29, 0.717) is 17.1 Å². The van der Waals surface area contributed by atoms with Gasteiger partial charge < -0.3 is 14.0 Å². The number of ether oxygens (including phenoxy) is 2. The number of hydrogen-bond acceptors (Lipinski definition) is 3. The molecular formula is C16H16BrNO3. The topological polar surface area (TPSA) is 40.5 Å². The molecule has 0 radical (unpaired) electrons. The third-order valence-electron chi connectivity index (χ3n) is 3.84. The number of aromatic nitrogens is 1. The third-order valence-corrected chi connectivity index (χ3v) is 4.52. The minimum atomic E-state index is 0.0536. The van der Waals surface area contributed by atoms with Gasteiger partial charge in [0.25, 0.3) is 5.56 Å². The van der Waals surface area contributed by atoms with Crippen molar-refractivity contribution in [3.8, 4) is 22.6 Å². The fourth-order valence-corrected chi connectivity index (χ4v) is 3.42. The van der Waals surface area contributed by atoms with E-state index in [0.717, 1.165) is 35.1 Å². The van der Waals surface area contributed by atoms with Crippen LogP contribution in [0.4, 0.5) is 0 Å². The van der Waals surface area contributed by atoms with Crippen LogP contribution < -0.4 is 15.0 Å². The lowest BCUT2D eigenvalue weighted by atomic mass is 10.1. The Hall–Kier alpha value is -1.75. The van der Waals surface area contributed by atoms with E-state index in [1.54, 1.807) is 14.2 Å². The molecule has 21 heavy (non-hydrogen) atoms. The number of benzene rings is 1. The highest BCUT2D eigenvalue weighted by molar-refractivity contribution is 9.10. The molecule has 110 valence electrons. The Morgan fingerprint density at radius 3 is 2.62 bits per heavy atom. The molecule has 1 aliphatic rings. The molecule has 0 bridgehead atoms. The molecule has 0 spiro atoms. The van der Waals surface area contributed by atoms with Gasteiger partial charge in [-0.2, -0.15) is 0 Å². The molecule has 0 unspecified atom stereocenters. The predicted octanol–water partition coefficient (Wildman–Crippen LogP) is 3.24. The molecule has 1 aromatic carbocycles. The molecule has 3 rings (SSSR count). The van der Waals surface area contributed by atoms with E-state index in [1.165, 1.54) is 0 Å². The second-order valence-electron chi connectivity index (χ2n) is 4.98. The summed E-state index contributed by atoms with van der Waals surface area (Å²) in [5.41, 5.74) is 2.65. The minimum Gasteiger partial charge on any atom is -0.493 e. The number of halogens is 1. The quantitative estimate of drug-likeness (QED) is 0.853. The summed E-state index contributed by atoms with van der Waals surface area (Å²) in [5, 5.41) is 0. The van der Waals surface area contributed by atoms with Gasteiger partial charge in [0.1, 0.15) is 0 Å². The Bertz CT molecular complexity index is 752. The van der Waals surface area contributed by atoms with Crippen LogP contribution in [0.1, 0.15) is 12.1 Å². The van der Waals surface area contributed by atoms with Crippen molar-refractivity contribution in [2.75, 3.05) is 14.2 Å². The Labute approximate surface area is 131 Å². The molecule has 0 aliphatic carbocycles. The van der Waals surface area contributed by atoms with Gasteiger partial charge in [-0.05, 0) is 52.5 Å². The first-order valence-corrected chi connectivity index (χ1v) is 7.59. The van der Waals surface area contributed by atoms with Crippen molar-refractivity contribution >= 4 is 15.9 Å². The predicted molar refractivity (Wildman–Crippen MR) is 85.3 cm³/mol. The molecule has 1 aliphatic heterocycles. The molecule has 5 heteroatoms. The van der Waals surface area contributed by atoms with Gasteiger partial charge in [-0.15, -0.1) is 0 Å². The van der Waals surface area contributed by atoms with Crippen LogP contribution in [0.25, 0.3) is 11.1 Å². The Kier molecular flexibility index (Phi) is 3.76. The van der Waals surface area contributed by atoms with E-state index >= 15 is 0 Å². The van der Waals surface area contributed by atoms with Crippen molar-refractivity contribution < 1.29 is 9.47 Å². The number of hydrogen-bond donors (Lipinski definition) is 0. The van der Waals surface area contributed by atoms with Gasteiger partial charge in [-0.1, -0.05) is 6.07 Å². The first-order valence-electron chi connectivity index (χ1n) is 6.80. The van der Waals surface area contributed by atoms with Crippen molar-refractivity contribution in [2.45, 2.75) is 19.4 Å². The highest BCUT2D eigenvalue weighted by Crippen LogP contribution is 2.33. The molecule has 1 aromatic heterocycles. The lowest BCUT2D eigenvalue weighted by Gasteiger charge is -2.12. The third kappa shape index (κ3) is 2.35. The van der Waals surface area contributed by atoms with E-state index in [1.807, 2.05) is 28.8 Å². The maximum Gasteiger partial charge on any atom is 0.258 e. The largest absolute Gasteiger partial charge is 0.493 e. The minimum absolute atomic E-state index is 0.0536. The van der Waals surface area contributed by atoms with Crippen molar-refractivity contribution in [3.63, 3.8) is 0 Å². The van der Waals surface area contributed by atoms with Gasteiger partial charge in [0.2, 0.25) is 0 Å². The zero-order chi connectivity index (χ0) is 15.0. The van der Waals surface area contributed by atoms with E-state index in [2.05, 4.69) is 15.9 Å². The van der Waals surface area contributed by atoms with Crippen molar-refractivity contribution in [1.29, 1.82) is 0 Å². The normalized spacial score (nSPS) is 13.1. The Balaban J connectivity index is 2.18. The average Bonchev–Trinajstić information content (AvgIpc) is 3.00. The van der Waals surface area contributed by atoms with Crippen LogP contribution in [0.3, 0.4) is 0 Å². The van der Waals surface area contributed by atoms with E-state index in [-0.39, 0.29) is 5.56 Å². The Morgan fingerprint density at radius 1 is 1.14 bits per heavy atom. The van der Waals surface area contributed by atoms with Gasteiger partial charge in [-0.3, -0.25) is 4.79 Å². The van der Waals surface area contributed by atoms with Gasteiger partial charge in [-0.25, -0.2) is 0 Å². The summed E-state index contributed by atoms with van der Waals surface area (Å²) in [4.78, 5) is 12.6. The van der Waals surface area contributed by atoms with Crippen molar-refractivity contribution in [3.05, 3.63) is 44.8 Å². The highest BCUT2D eigenvalue weighted by atomic mass is 79.9. The van der Waals surface area contributed by atoms with E-state index in [4.69, 9.17) is 9.47 Å². The molecule has 0 saturated heterocycles. The van der Waals surface area contributed by atoms with Crippen LogP contribution in [0.2, 0.25) is 0 Å². The summed E-state index contributed by atoms with van der Waals surface area (Å²) in [7, 11) is 3.19. The number of methoxy groups -OCH3 is 2. The van der Waals surface area contributed by atoms with Crippen LogP contribution >= 0.6 is 15.9 Å². The second kappa shape index (κ2) is 5.56. The van der Waals surface area contributed by atoms with Crippen molar-refractivity contribution in [2.24, 2.45) is 0 Å². The van der Waals surface area contributed by atoms with Gasteiger partial charge >= 0.3 is 0 Å². The number of pyridine rings is 1. The first kappa shape index (κ1) is 14.2. The maximum absolute atomic E-state index is 12.6. The van der Waals surface area contributed by atoms with Crippen LogP contribution in [0.5, 0.6) is 11.5 Å². The lowest BCUT2D eigenvalue weighted by Crippen LogP contribution is -2.21. The van der Waals surface area contributed by atoms with Crippen LogP contribution in [0, 0.1) is 0 Å². The summed E-state index contributed by atoms with van der Waals surface area (Å²) in [6.45, 7) is 0.786. The van der Waals surface area contributed by atoms with Crippen LogP contribution in [0.15, 0.2) is 33.5 Å². The fraction of sp³-hybridized carbons (Fsp3) is 0.312. The summed E-state index contributed by atoms with van der Waals surface area (Å²) in [6.07, 6.45) is 1.96. The van der Waals surface area contributed by atoms with Crippen LogP contribution in [-0.2, 0) is 13.0 Å². The molecule has 0 fully saturated rings. The number of fused-ring (bicyclic) bond motifs is 1. The van der Waals surface area contributed by atoms with Gasteiger partial charge in [0.05, 0.1) is 14.2 Å². The SMILES string of the molecule is COc1ccc(-c2cc(Br)c3n(c2=O)CCC3)cc1OC. The molecule has 0 amide bonds. The first-order chi connectivity index (χ1) is 10.2. The number of nitrogens with zero attached hydrogens (tertiary/aromatic N) is 1. The maximum atomic E-state index is 12.6. The monoisotopic (exact) mass is 349 g/mol. The summed E-state index contributed by atoms with van der Waals surface area (Å²) in [6, 6.07) is 7.44. The standard InChI is InChI=1S/C16H16BrNO3/c1-20-14-6-5-10(8-15(14)21-2)11-9-12(17)13-4-3-7-18(13)16(11)19/h5-6,8-9H,3-4,7H2,1-2H3. The Morgan fingerprint density at radius 2 is 1.90 bits per heavy atom. The summed E-state index contributed by atoms with van der Waals surface area (Å²) in [5.74, 6) is 1.28. The van der Waals surface area contributed by atoms with Crippen molar-refractivity contribution in [1.82, 2.24) is 4.57 Å². The number of rotatable bonds is 3. The van der Waals surface area contributed by atoms with Crippen LogP contribution in [-0.4, -0.2) is 18.8 Å². The fourth-order valence-electron chi connectivity index (χ4n) is 2.77.